The van der Waals surface area contributed by atoms with Crippen molar-refractivity contribution in [2.45, 2.75) is 25.3 Å². The molecule has 3 fully saturated rings. The average Bonchev–Trinajstić information content (AvgIpc) is 3.09. The van der Waals surface area contributed by atoms with Crippen molar-refractivity contribution >= 4 is 11.8 Å². The van der Waals surface area contributed by atoms with Gasteiger partial charge in [0, 0.05) is 32.7 Å². The van der Waals surface area contributed by atoms with E-state index in [0.717, 1.165) is 25.8 Å². The molecule has 0 aliphatic carbocycles. The molecule has 0 bridgehead atoms. The SMILES string of the molecule is CN1CC2(CCN(C(=O)COc3ccc(F)cc3)CC2)CC1C(=O)N1CCOCC1. The molecule has 2 amide bonds. The van der Waals surface area contributed by atoms with E-state index in [1.807, 2.05) is 16.8 Å². The van der Waals surface area contributed by atoms with Crippen molar-refractivity contribution < 1.29 is 23.5 Å². The predicted octanol–water partition coefficient (Wildman–Crippen LogP) is 1.38. The third kappa shape index (κ3) is 4.59. The van der Waals surface area contributed by atoms with Crippen LogP contribution in [0.4, 0.5) is 4.39 Å². The molecular weight excluding hydrogens is 389 g/mol. The van der Waals surface area contributed by atoms with Gasteiger partial charge in [0.1, 0.15) is 11.6 Å². The van der Waals surface area contributed by atoms with Gasteiger partial charge in [-0.2, -0.15) is 0 Å². The zero-order chi connectivity index (χ0) is 21.1. The molecule has 3 aliphatic heterocycles. The first-order chi connectivity index (χ1) is 14.5. The maximum atomic E-state index is 13.0. The number of halogens is 1. The van der Waals surface area contributed by atoms with Crippen LogP contribution in [0.25, 0.3) is 0 Å². The van der Waals surface area contributed by atoms with E-state index in [4.69, 9.17) is 9.47 Å². The Hall–Kier alpha value is -2.19. The van der Waals surface area contributed by atoms with Gasteiger partial charge in [-0.3, -0.25) is 14.5 Å². The van der Waals surface area contributed by atoms with E-state index in [-0.39, 0.29) is 35.7 Å². The first-order valence-corrected chi connectivity index (χ1v) is 10.7. The summed E-state index contributed by atoms with van der Waals surface area (Å²) in [6, 6.07) is 5.60. The van der Waals surface area contributed by atoms with Crippen molar-refractivity contribution in [3.8, 4) is 5.75 Å². The largest absolute Gasteiger partial charge is 0.484 e. The van der Waals surface area contributed by atoms with Gasteiger partial charge < -0.3 is 19.3 Å². The summed E-state index contributed by atoms with van der Waals surface area (Å²) < 4.78 is 23.8. The van der Waals surface area contributed by atoms with Crippen molar-refractivity contribution in [1.29, 1.82) is 0 Å². The van der Waals surface area contributed by atoms with Crippen LogP contribution in [0.5, 0.6) is 5.75 Å². The normalized spacial score (nSPS) is 24.3. The van der Waals surface area contributed by atoms with Crippen molar-refractivity contribution in [2.75, 3.05) is 59.6 Å². The molecule has 1 unspecified atom stereocenters. The van der Waals surface area contributed by atoms with Gasteiger partial charge in [-0.25, -0.2) is 4.39 Å². The molecule has 8 heteroatoms. The second-order valence-electron chi connectivity index (χ2n) is 8.70. The molecule has 30 heavy (non-hydrogen) atoms. The van der Waals surface area contributed by atoms with Crippen LogP contribution in [0.15, 0.2) is 24.3 Å². The standard InChI is InChI=1S/C22H30FN3O4/c1-24-16-22(14-19(24)21(28)26-10-12-29-13-11-26)6-8-25(9-7-22)20(27)15-30-18-4-2-17(23)3-5-18/h2-5,19H,6-16H2,1H3. The Morgan fingerprint density at radius 1 is 1.10 bits per heavy atom. The van der Waals surface area contributed by atoms with Crippen molar-refractivity contribution in [1.82, 2.24) is 14.7 Å². The number of benzene rings is 1. The third-order valence-corrected chi connectivity index (χ3v) is 6.70. The highest BCUT2D eigenvalue weighted by Gasteiger charge is 2.48. The first kappa shape index (κ1) is 21.1. The molecule has 3 aliphatic rings. The van der Waals surface area contributed by atoms with Crippen LogP contribution in [0, 0.1) is 11.2 Å². The summed E-state index contributed by atoms with van der Waals surface area (Å²) >= 11 is 0. The second-order valence-corrected chi connectivity index (χ2v) is 8.70. The van der Waals surface area contributed by atoms with Crippen LogP contribution in [-0.4, -0.2) is 92.1 Å². The fourth-order valence-corrected chi connectivity index (χ4v) is 4.90. The molecule has 0 N–H and O–H groups in total. The van der Waals surface area contributed by atoms with Crippen LogP contribution in [0.1, 0.15) is 19.3 Å². The molecule has 3 saturated heterocycles. The van der Waals surface area contributed by atoms with Gasteiger partial charge in [0.2, 0.25) is 5.91 Å². The Morgan fingerprint density at radius 3 is 2.43 bits per heavy atom. The maximum Gasteiger partial charge on any atom is 0.260 e. The van der Waals surface area contributed by atoms with Crippen LogP contribution in [0.2, 0.25) is 0 Å². The smallest absolute Gasteiger partial charge is 0.260 e. The Labute approximate surface area is 176 Å². The van der Waals surface area contributed by atoms with Gasteiger partial charge in [0.05, 0.1) is 19.3 Å². The molecule has 7 nitrogen and oxygen atoms in total. The van der Waals surface area contributed by atoms with E-state index < -0.39 is 0 Å². The summed E-state index contributed by atoms with van der Waals surface area (Å²) in [4.78, 5) is 31.5. The molecule has 0 saturated carbocycles. The fourth-order valence-electron chi connectivity index (χ4n) is 4.90. The number of likely N-dealkylation sites (tertiary alicyclic amines) is 2. The number of rotatable bonds is 4. The topological polar surface area (TPSA) is 62.3 Å². The number of morpholine rings is 1. The van der Waals surface area contributed by atoms with Crippen molar-refractivity contribution in [3.63, 3.8) is 0 Å². The molecule has 1 spiro atoms. The van der Waals surface area contributed by atoms with Gasteiger partial charge in [-0.1, -0.05) is 0 Å². The second kappa shape index (κ2) is 8.89. The Bertz CT molecular complexity index is 758. The fraction of sp³-hybridized carbons (Fsp3) is 0.636. The summed E-state index contributed by atoms with van der Waals surface area (Å²) in [6.45, 7) is 4.78. The summed E-state index contributed by atoms with van der Waals surface area (Å²) in [5.74, 6) is 0.312. The number of likely N-dealkylation sites (N-methyl/N-ethyl adjacent to an activating group) is 1. The van der Waals surface area contributed by atoms with E-state index in [1.54, 1.807) is 0 Å². The highest BCUT2D eigenvalue weighted by atomic mass is 19.1. The quantitative estimate of drug-likeness (QED) is 0.738. The monoisotopic (exact) mass is 419 g/mol. The molecule has 1 atom stereocenters. The number of piperidine rings is 1. The number of carbonyl (C=O) groups is 2. The molecule has 1 aromatic carbocycles. The first-order valence-electron chi connectivity index (χ1n) is 10.7. The predicted molar refractivity (Wildman–Crippen MR) is 109 cm³/mol. The van der Waals surface area contributed by atoms with E-state index in [9.17, 15) is 14.0 Å². The van der Waals surface area contributed by atoms with Crippen LogP contribution in [-0.2, 0) is 14.3 Å². The lowest BCUT2D eigenvalue weighted by Crippen LogP contribution is -2.48. The van der Waals surface area contributed by atoms with Gasteiger partial charge in [-0.15, -0.1) is 0 Å². The average molecular weight is 419 g/mol. The summed E-state index contributed by atoms with van der Waals surface area (Å²) in [7, 11) is 2.03. The highest BCUT2D eigenvalue weighted by Crippen LogP contribution is 2.43. The minimum absolute atomic E-state index is 0.0450. The number of carbonyl (C=O) groups excluding carboxylic acids is 2. The summed E-state index contributed by atoms with van der Waals surface area (Å²) in [5.41, 5.74) is 0.0932. The molecule has 1 aromatic rings. The van der Waals surface area contributed by atoms with Gasteiger partial charge >= 0.3 is 0 Å². The van der Waals surface area contributed by atoms with Crippen LogP contribution in [0.3, 0.4) is 0 Å². The van der Waals surface area contributed by atoms with E-state index >= 15 is 0 Å². The van der Waals surface area contributed by atoms with Gasteiger partial charge in [0.15, 0.2) is 6.61 Å². The van der Waals surface area contributed by atoms with Crippen molar-refractivity contribution in [3.05, 3.63) is 30.1 Å². The van der Waals surface area contributed by atoms with Crippen LogP contribution >= 0.6 is 0 Å². The zero-order valence-electron chi connectivity index (χ0n) is 17.5. The van der Waals surface area contributed by atoms with Crippen LogP contribution < -0.4 is 4.74 Å². The Kier molecular flexibility index (Phi) is 6.24. The van der Waals surface area contributed by atoms with E-state index in [1.165, 1.54) is 24.3 Å². The summed E-state index contributed by atoms with van der Waals surface area (Å²) in [5, 5.41) is 0. The number of hydrogen-bond acceptors (Lipinski definition) is 5. The third-order valence-electron chi connectivity index (χ3n) is 6.70. The number of hydrogen-bond donors (Lipinski definition) is 0. The number of ether oxygens (including phenoxy) is 2. The molecular formula is C22H30FN3O4. The number of amides is 2. The minimum Gasteiger partial charge on any atom is -0.484 e. The molecule has 0 aromatic heterocycles. The lowest BCUT2D eigenvalue weighted by molar-refractivity contribution is -0.140. The molecule has 164 valence electrons. The minimum atomic E-state index is -0.332. The Morgan fingerprint density at radius 2 is 1.77 bits per heavy atom. The van der Waals surface area contributed by atoms with Crippen molar-refractivity contribution in [2.24, 2.45) is 5.41 Å². The summed E-state index contributed by atoms with van der Waals surface area (Å²) in [6.07, 6.45) is 2.65. The van der Waals surface area contributed by atoms with E-state index in [0.29, 0.717) is 45.1 Å². The lowest BCUT2D eigenvalue weighted by Gasteiger charge is -2.39. The number of nitrogens with zero attached hydrogens (tertiary/aromatic N) is 3. The molecule has 4 rings (SSSR count). The zero-order valence-corrected chi connectivity index (χ0v) is 17.5. The lowest BCUT2D eigenvalue weighted by atomic mass is 9.76. The molecule has 0 radical (unpaired) electrons. The van der Waals surface area contributed by atoms with Gasteiger partial charge in [0.25, 0.3) is 5.91 Å². The molecule has 3 heterocycles. The Balaban J connectivity index is 1.27. The maximum absolute atomic E-state index is 13.0. The van der Waals surface area contributed by atoms with E-state index in [2.05, 4.69) is 4.90 Å². The highest BCUT2D eigenvalue weighted by molar-refractivity contribution is 5.82. The van der Waals surface area contributed by atoms with Gasteiger partial charge in [-0.05, 0) is 56.0 Å².